The number of amides is 1. The van der Waals surface area contributed by atoms with Gasteiger partial charge < -0.3 is 4.90 Å². The number of aromatic nitrogens is 2. The molecule has 0 aliphatic carbocycles. The Balaban J connectivity index is 1.45. The minimum atomic E-state index is -0.108. The van der Waals surface area contributed by atoms with E-state index in [9.17, 15) is 9.59 Å². The van der Waals surface area contributed by atoms with Gasteiger partial charge in [0.2, 0.25) is 5.91 Å². The number of hydrogen-bond acceptors (Lipinski definition) is 4. The number of piperidine rings is 1. The van der Waals surface area contributed by atoms with Gasteiger partial charge in [0.05, 0.1) is 10.9 Å². The van der Waals surface area contributed by atoms with E-state index in [-0.39, 0.29) is 17.5 Å². The molecule has 0 bridgehead atoms. The molecule has 0 spiro atoms. The van der Waals surface area contributed by atoms with E-state index < -0.39 is 0 Å². The first-order chi connectivity index (χ1) is 13.7. The van der Waals surface area contributed by atoms with E-state index in [0.29, 0.717) is 13.0 Å². The quantitative estimate of drug-likeness (QED) is 0.663. The number of nitrogens with zero attached hydrogens (tertiary/aromatic N) is 3. The molecule has 4 rings (SSSR count). The number of thiophene rings is 1. The molecule has 1 atom stereocenters. The molecular formula is C22H23N3O2S. The molecule has 2 aromatic heterocycles. The molecule has 28 heavy (non-hydrogen) atoms. The summed E-state index contributed by atoms with van der Waals surface area (Å²) in [6.45, 7) is 1.30. The third-order valence-corrected chi connectivity index (χ3v) is 6.06. The maximum atomic E-state index is 12.7. The maximum Gasteiger partial charge on any atom is 0.267 e. The van der Waals surface area contributed by atoms with E-state index in [0.717, 1.165) is 36.4 Å². The van der Waals surface area contributed by atoms with Crippen LogP contribution < -0.4 is 5.56 Å². The summed E-state index contributed by atoms with van der Waals surface area (Å²) in [7, 11) is 0. The third-order valence-electron chi connectivity index (χ3n) is 5.16. The van der Waals surface area contributed by atoms with Crippen LogP contribution in [0.4, 0.5) is 0 Å². The highest BCUT2D eigenvalue weighted by Gasteiger charge is 2.26. The standard InChI is InChI=1S/C22H23N3O2S/c26-21(12-10-17-6-2-1-3-7-17)24-14-4-8-18(16-24)25-22(27)13-11-19(23-25)20-9-5-15-28-20/h1-3,5-7,9,11,13,15,18H,4,8,10,12,14,16H2/t18-/m1/s1. The molecule has 1 saturated heterocycles. The Kier molecular flexibility index (Phi) is 5.67. The largest absolute Gasteiger partial charge is 0.341 e. The molecule has 3 heterocycles. The molecule has 144 valence electrons. The highest BCUT2D eigenvalue weighted by Crippen LogP contribution is 2.24. The Bertz CT molecular complexity index is 983. The maximum absolute atomic E-state index is 12.7. The Morgan fingerprint density at radius 2 is 1.96 bits per heavy atom. The zero-order valence-corrected chi connectivity index (χ0v) is 16.5. The van der Waals surface area contributed by atoms with E-state index in [1.165, 1.54) is 5.56 Å². The van der Waals surface area contributed by atoms with Gasteiger partial charge in [0.1, 0.15) is 5.69 Å². The Labute approximate surface area is 168 Å². The van der Waals surface area contributed by atoms with Gasteiger partial charge in [-0.15, -0.1) is 11.3 Å². The number of benzene rings is 1. The zero-order chi connectivity index (χ0) is 19.3. The number of carbonyl (C=O) groups is 1. The van der Waals surface area contributed by atoms with Gasteiger partial charge >= 0.3 is 0 Å². The first kappa shape index (κ1) is 18.6. The van der Waals surface area contributed by atoms with Crippen LogP contribution in [-0.2, 0) is 11.2 Å². The summed E-state index contributed by atoms with van der Waals surface area (Å²) in [6.07, 6.45) is 2.99. The van der Waals surface area contributed by atoms with Gasteiger partial charge in [0, 0.05) is 25.6 Å². The highest BCUT2D eigenvalue weighted by molar-refractivity contribution is 7.13. The van der Waals surface area contributed by atoms with Gasteiger partial charge in [0.15, 0.2) is 0 Å². The smallest absolute Gasteiger partial charge is 0.267 e. The lowest BCUT2D eigenvalue weighted by Crippen LogP contribution is -2.43. The lowest BCUT2D eigenvalue weighted by molar-refractivity contribution is -0.132. The van der Waals surface area contributed by atoms with Crippen LogP contribution in [0.5, 0.6) is 0 Å². The van der Waals surface area contributed by atoms with E-state index in [4.69, 9.17) is 0 Å². The van der Waals surface area contributed by atoms with Crippen molar-refractivity contribution in [1.29, 1.82) is 0 Å². The summed E-state index contributed by atoms with van der Waals surface area (Å²) in [5, 5.41) is 6.60. The lowest BCUT2D eigenvalue weighted by atomic mass is 10.0. The van der Waals surface area contributed by atoms with Crippen molar-refractivity contribution in [3.63, 3.8) is 0 Å². The number of aryl methyl sites for hydroxylation is 1. The van der Waals surface area contributed by atoms with Gasteiger partial charge in [-0.3, -0.25) is 9.59 Å². The fraction of sp³-hybridized carbons (Fsp3) is 0.318. The molecule has 0 radical (unpaired) electrons. The molecular weight excluding hydrogens is 370 g/mol. The van der Waals surface area contributed by atoms with Crippen molar-refractivity contribution in [2.75, 3.05) is 13.1 Å². The zero-order valence-electron chi connectivity index (χ0n) is 15.7. The first-order valence-corrected chi connectivity index (χ1v) is 10.5. The highest BCUT2D eigenvalue weighted by atomic mass is 32.1. The van der Waals surface area contributed by atoms with Crippen LogP contribution in [0.3, 0.4) is 0 Å². The molecule has 1 aliphatic rings. The number of carbonyl (C=O) groups excluding carboxylic acids is 1. The summed E-state index contributed by atoms with van der Waals surface area (Å²) >= 11 is 1.60. The molecule has 1 amide bonds. The number of likely N-dealkylation sites (tertiary alicyclic amines) is 1. The molecule has 0 saturated carbocycles. The Morgan fingerprint density at radius 1 is 1.11 bits per heavy atom. The molecule has 1 aromatic carbocycles. The molecule has 1 fully saturated rings. The molecule has 5 nitrogen and oxygen atoms in total. The second kappa shape index (κ2) is 8.52. The average molecular weight is 394 g/mol. The van der Waals surface area contributed by atoms with E-state index in [2.05, 4.69) is 5.10 Å². The SMILES string of the molecule is O=C(CCc1ccccc1)N1CCC[C@@H](n2nc(-c3cccs3)ccc2=O)C1. The van der Waals surface area contributed by atoms with Crippen LogP contribution in [0.15, 0.2) is 64.8 Å². The van der Waals surface area contributed by atoms with Crippen molar-refractivity contribution in [3.8, 4) is 10.6 Å². The average Bonchev–Trinajstić information content (AvgIpc) is 3.28. The summed E-state index contributed by atoms with van der Waals surface area (Å²) in [5.41, 5.74) is 1.87. The second-order valence-corrected chi connectivity index (χ2v) is 8.05. The summed E-state index contributed by atoms with van der Waals surface area (Å²) in [5.74, 6) is 0.149. The van der Waals surface area contributed by atoms with Crippen LogP contribution in [0.1, 0.15) is 30.9 Å². The Hall–Kier alpha value is -2.73. The number of hydrogen-bond donors (Lipinski definition) is 0. The van der Waals surface area contributed by atoms with Crippen molar-refractivity contribution >= 4 is 17.2 Å². The van der Waals surface area contributed by atoms with Crippen LogP contribution in [0.25, 0.3) is 10.6 Å². The molecule has 1 aliphatic heterocycles. The molecule has 6 heteroatoms. The minimum absolute atomic E-state index is 0.0677. The van der Waals surface area contributed by atoms with Gasteiger partial charge in [0.25, 0.3) is 5.56 Å². The van der Waals surface area contributed by atoms with Gasteiger partial charge in [-0.05, 0) is 42.3 Å². The van der Waals surface area contributed by atoms with Crippen molar-refractivity contribution in [1.82, 2.24) is 14.7 Å². The van der Waals surface area contributed by atoms with Crippen LogP contribution in [0, 0.1) is 0 Å². The minimum Gasteiger partial charge on any atom is -0.341 e. The molecule has 3 aromatic rings. The Morgan fingerprint density at radius 3 is 2.75 bits per heavy atom. The van der Waals surface area contributed by atoms with Crippen molar-refractivity contribution in [2.45, 2.75) is 31.7 Å². The van der Waals surface area contributed by atoms with E-state index in [1.54, 1.807) is 28.2 Å². The second-order valence-electron chi connectivity index (χ2n) is 7.10. The lowest BCUT2D eigenvalue weighted by Gasteiger charge is -2.33. The fourth-order valence-corrected chi connectivity index (χ4v) is 4.37. The van der Waals surface area contributed by atoms with Gasteiger partial charge in [-0.2, -0.15) is 5.10 Å². The summed E-state index contributed by atoms with van der Waals surface area (Å²) in [6, 6.07) is 17.3. The van der Waals surface area contributed by atoms with Gasteiger partial charge in [-0.25, -0.2) is 4.68 Å². The summed E-state index contributed by atoms with van der Waals surface area (Å²) < 4.78 is 1.58. The summed E-state index contributed by atoms with van der Waals surface area (Å²) in [4.78, 5) is 28.1. The monoisotopic (exact) mass is 393 g/mol. The van der Waals surface area contributed by atoms with E-state index in [1.807, 2.05) is 52.7 Å². The predicted octanol–water partition coefficient (Wildman–Crippen LogP) is 3.77. The fourth-order valence-electron chi connectivity index (χ4n) is 3.68. The topological polar surface area (TPSA) is 55.2 Å². The predicted molar refractivity (Wildman–Crippen MR) is 111 cm³/mol. The van der Waals surface area contributed by atoms with Crippen LogP contribution in [0.2, 0.25) is 0 Å². The molecule has 0 N–H and O–H groups in total. The normalized spacial score (nSPS) is 16.9. The van der Waals surface area contributed by atoms with Crippen molar-refractivity contribution < 1.29 is 4.79 Å². The third kappa shape index (κ3) is 4.22. The van der Waals surface area contributed by atoms with E-state index >= 15 is 0 Å². The first-order valence-electron chi connectivity index (χ1n) is 9.66. The van der Waals surface area contributed by atoms with Crippen molar-refractivity contribution in [2.24, 2.45) is 0 Å². The van der Waals surface area contributed by atoms with Gasteiger partial charge in [-0.1, -0.05) is 36.4 Å². The van der Waals surface area contributed by atoms with Crippen LogP contribution >= 0.6 is 11.3 Å². The number of rotatable bonds is 5. The molecule has 0 unspecified atom stereocenters. The van der Waals surface area contributed by atoms with Crippen LogP contribution in [-0.4, -0.2) is 33.7 Å². The van der Waals surface area contributed by atoms with Crippen molar-refractivity contribution in [3.05, 3.63) is 75.9 Å².